The molecule has 0 bridgehead atoms. The largest absolute Gasteiger partial charge is 0.480 e. The molecule has 2 atom stereocenters. The zero-order valence-electron chi connectivity index (χ0n) is 17.8. The molecule has 0 aliphatic carbocycles. The Bertz CT molecular complexity index is 547. The van der Waals surface area contributed by atoms with Gasteiger partial charge in [0, 0.05) is 18.7 Å². The van der Waals surface area contributed by atoms with Gasteiger partial charge < -0.3 is 26.2 Å². The summed E-state index contributed by atoms with van der Waals surface area (Å²) in [4.78, 5) is 47.8. The summed E-state index contributed by atoms with van der Waals surface area (Å²) in [7, 11) is 0. The second kappa shape index (κ2) is 16.9. The first-order chi connectivity index (χ1) is 14.2. The van der Waals surface area contributed by atoms with Crippen molar-refractivity contribution in [3.05, 3.63) is 0 Å². The van der Waals surface area contributed by atoms with Crippen LogP contribution in [0.4, 0.5) is 0 Å². The Kier molecular flexibility index (Phi) is 15.9. The van der Waals surface area contributed by atoms with Crippen molar-refractivity contribution in [3.8, 4) is 0 Å². The number of nitrogens with two attached hydrogens (primary N) is 1. The number of carbonyl (C=O) groups excluding carboxylic acids is 2. The Morgan fingerprint density at radius 3 is 2.07 bits per heavy atom. The van der Waals surface area contributed by atoms with Crippen molar-refractivity contribution in [2.75, 3.05) is 18.8 Å². The molecule has 0 aromatic rings. The Labute approximate surface area is 184 Å². The van der Waals surface area contributed by atoms with Crippen LogP contribution in [0.2, 0.25) is 0 Å². The molecule has 174 valence electrons. The van der Waals surface area contributed by atoms with Gasteiger partial charge in [0.25, 0.3) is 0 Å². The van der Waals surface area contributed by atoms with E-state index in [1.165, 1.54) is 30.6 Å². The topological polar surface area (TPSA) is 150 Å². The van der Waals surface area contributed by atoms with Crippen LogP contribution in [-0.4, -0.2) is 69.8 Å². The zero-order chi connectivity index (χ0) is 22.9. The molecule has 5 N–H and O–H groups in total. The first kappa shape index (κ1) is 28.2. The standard InChI is InChI=1S/C20H37N3O6S/c1-2-3-4-5-6-7-8-9-12-23(13-18(25)26)19(27)16(14-30)22-17(24)11-10-15(21)20(28)29/h15-16,30H,2-14,21H2,1H3,(H,22,24)(H,25,26)(H,28,29). The van der Waals surface area contributed by atoms with E-state index in [1.54, 1.807) is 0 Å². The fourth-order valence-electron chi connectivity index (χ4n) is 2.95. The Hall–Kier alpha value is -1.81. The monoisotopic (exact) mass is 447 g/mol. The van der Waals surface area contributed by atoms with Crippen molar-refractivity contribution in [1.29, 1.82) is 0 Å². The van der Waals surface area contributed by atoms with Gasteiger partial charge in [-0.3, -0.25) is 19.2 Å². The molecule has 10 heteroatoms. The van der Waals surface area contributed by atoms with Gasteiger partial charge in [-0.2, -0.15) is 12.6 Å². The van der Waals surface area contributed by atoms with Gasteiger partial charge in [0.05, 0.1) is 0 Å². The van der Waals surface area contributed by atoms with Crippen LogP contribution < -0.4 is 11.1 Å². The summed E-state index contributed by atoms with van der Waals surface area (Å²) < 4.78 is 0. The minimum Gasteiger partial charge on any atom is -0.480 e. The lowest BCUT2D eigenvalue weighted by atomic mass is 10.1. The predicted octanol–water partition coefficient (Wildman–Crippen LogP) is 1.65. The number of nitrogens with one attached hydrogen (secondary N) is 1. The van der Waals surface area contributed by atoms with E-state index in [-0.39, 0.29) is 18.6 Å². The molecule has 0 saturated carbocycles. The lowest BCUT2D eigenvalue weighted by Gasteiger charge is -2.26. The van der Waals surface area contributed by atoms with Gasteiger partial charge in [0.1, 0.15) is 18.6 Å². The van der Waals surface area contributed by atoms with Crippen LogP contribution in [0, 0.1) is 0 Å². The maximum atomic E-state index is 12.7. The van der Waals surface area contributed by atoms with Crippen LogP contribution in [0.3, 0.4) is 0 Å². The molecular weight excluding hydrogens is 410 g/mol. The summed E-state index contributed by atoms with van der Waals surface area (Å²) in [5, 5.41) is 20.4. The molecule has 9 nitrogen and oxygen atoms in total. The third-order valence-corrected chi connectivity index (χ3v) is 5.10. The number of carbonyl (C=O) groups is 4. The van der Waals surface area contributed by atoms with E-state index >= 15 is 0 Å². The average molecular weight is 448 g/mol. The molecule has 0 rings (SSSR count). The second-order valence-electron chi connectivity index (χ2n) is 7.41. The summed E-state index contributed by atoms with van der Waals surface area (Å²) in [6.45, 7) is 2.02. The van der Waals surface area contributed by atoms with Crippen LogP contribution in [-0.2, 0) is 19.2 Å². The zero-order valence-corrected chi connectivity index (χ0v) is 18.7. The van der Waals surface area contributed by atoms with Crippen molar-refractivity contribution in [1.82, 2.24) is 10.2 Å². The van der Waals surface area contributed by atoms with Gasteiger partial charge in [-0.05, 0) is 12.8 Å². The molecule has 0 radical (unpaired) electrons. The van der Waals surface area contributed by atoms with Crippen LogP contribution in [0.5, 0.6) is 0 Å². The first-order valence-corrected chi connectivity index (χ1v) is 11.2. The Morgan fingerprint density at radius 2 is 1.57 bits per heavy atom. The summed E-state index contributed by atoms with van der Waals surface area (Å²) >= 11 is 4.09. The predicted molar refractivity (Wildman–Crippen MR) is 117 cm³/mol. The summed E-state index contributed by atoms with van der Waals surface area (Å²) in [6, 6.07) is -2.14. The maximum Gasteiger partial charge on any atom is 0.323 e. The fourth-order valence-corrected chi connectivity index (χ4v) is 3.20. The smallest absolute Gasteiger partial charge is 0.323 e. The van der Waals surface area contributed by atoms with Crippen molar-refractivity contribution in [3.63, 3.8) is 0 Å². The van der Waals surface area contributed by atoms with Gasteiger partial charge in [-0.25, -0.2) is 0 Å². The fraction of sp³-hybridized carbons (Fsp3) is 0.800. The Balaban J connectivity index is 4.55. The molecule has 2 unspecified atom stereocenters. The number of hydrogen-bond donors (Lipinski definition) is 5. The molecule has 0 aliphatic heterocycles. The number of thiol groups is 1. The van der Waals surface area contributed by atoms with Crippen molar-refractivity contribution in [2.45, 2.75) is 83.2 Å². The van der Waals surface area contributed by atoms with Gasteiger partial charge in [0.15, 0.2) is 0 Å². The lowest BCUT2D eigenvalue weighted by Crippen LogP contribution is -2.51. The number of aliphatic carboxylic acids is 2. The number of amides is 2. The van der Waals surface area contributed by atoms with Crippen molar-refractivity contribution < 1.29 is 29.4 Å². The summed E-state index contributed by atoms with van der Waals surface area (Å²) in [5.74, 6) is -3.36. The molecule has 0 spiro atoms. The third kappa shape index (κ3) is 13.4. The molecule has 0 fully saturated rings. The van der Waals surface area contributed by atoms with Crippen molar-refractivity contribution >= 4 is 36.4 Å². The van der Waals surface area contributed by atoms with Crippen LogP contribution in [0.1, 0.15) is 71.1 Å². The van der Waals surface area contributed by atoms with E-state index in [0.29, 0.717) is 13.0 Å². The van der Waals surface area contributed by atoms with Gasteiger partial charge in [0.2, 0.25) is 11.8 Å². The van der Waals surface area contributed by atoms with Crippen LogP contribution in [0.25, 0.3) is 0 Å². The van der Waals surface area contributed by atoms with Gasteiger partial charge in [-0.15, -0.1) is 0 Å². The third-order valence-electron chi connectivity index (χ3n) is 4.73. The van der Waals surface area contributed by atoms with E-state index in [0.717, 1.165) is 19.3 Å². The normalized spacial score (nSPS) is 12.8. The number of hydrogen-bond acceptors (Lipinski definition) is 6. The number of carboxylic acids is 2. The molecule has 0 aromatic heterocycles. The molecule has 0 saturated heterocycles. The summed E-state index contributed by atoms with van der Waals surface area (Å²) in [6.07, 6.45) is 8.38. The molecule has 2 amide bonds. The van der Waals surface area contributed by atoms with Crippen LogP contribution in [0.15, 0.2) is 0 Å². The Morgan fingerprint density at radius 1 is 1.00 bits per heavy atom. The van der Waals surface area contributed by atoms with E-state index in [1.807, 2.05) is 0 Å². The minimum absolute atomic E-state index is 0.00308. The molecule has 0 aromatic carbocycles. The highest BCUT2D eigenvalue weighted by Gasteiger charge is 2.26. The minimum atomic E-state index is -1.21. The van der Waals surface area contributed by atoms with E-state index in [9.17, 15) is 19.2 Å². The average Bonchev–Trinajstić information content (AvgIpc) is 2.70. The molecule has 0 heterocycles. The SMILES string of the molecule is CCCCCCCCCCN(CC(=O)O)C(=O)C(CS)NC(=O)CCC(N)C(=O)O. The van der Waals surface area contributed by atoms with Crippen molar-refractivity contribution in [2.24, 2.45) is 5.73 Å². The molecule has 0 aliphatic rings. The molecule has 30 heavy (non-hydrogen) atoms. The lowest BCUT2D eigenvalue weighted by molar-refractivity contribution is -0.145. The quantitative estimate of drug-likeness (QED) is 0.158. The highest BCUT2D eigenvalue weighted by atomic mass is 32.1. The van der Waals surface area contributed by atoms with Gasteiger partial charge in [-0.1, -0.05) is 51.9 Å². The highest BCUT2D eigenvalue weighted by Crippen LogP contribution is 2.10. The van der Waals surface area contributed by atoms with E-state index < -0.39 is 42.4 Å². The molecular formula is C20H37N3O6S. The number of carboxylic acid groups (broad SMARTS) is 2. The first-order valence-electron chi connectivity index (χ1n) is 10.6. The maximum absolute atomic E-state index is 12.7. The summed E-state index contributed by atoms with van der Waals surface area (Å²) in [5.41, 5.74) is 5.37. The number of rotatable bonds is 18. The van der Waals surface area contributed by atoms with Gasteiger partial charge >= 0.3 is 11.9 Å². The van der Waals surface area contributed by atoms with E-state index in [4.69, 9.17) is 15.9 Å². The van der Waals surface area contributed by atoms with E-state index in [2.05, 4.69) is 24.9 Å². The number of unbranched alkanes of at least 4 members (excludes halogenated alkanes) is 7. The van der Waals surface area contributed by atoms with Crippen LogP contribution >= 0.6 is 12.6 Å². The second-order valence-corrected chi connectivity index (χ2v) is 7.78. The highest BCUT2D eigenvalue weighted by molar-refractivity contribution is 7.80. The number of nitrogens with zero attached hydrogens (tertiary/aromatic N) is 1.